The van der Waals surface area contributed by atoms with Gasteiger partial charge >= 0.3 is 6.09 Å². The molecule has 0 aliphatic carbocycles. The maximum Gasteiger partial charge on any atom is 0.410 e. The first-order chi connectivity index (χ1) is 10.8. The van der Waals surface area contributed by atoms with Crippen LogP contribution in [0.5, 0.6) is 0 Å². The smallest absolute Gasteiger partial charge is 0.410 e. The van der Waals surface area contributed by atoms with Crippen LogP contribution in [-0.2, 0) is 4.74 Å². The Morgan fingerprint density at radius 1 is 1.48 bits per heavy atom. The number of carbonyl (C=O) groups excluding carboxylic acids is 1. The topological polar surface area (TPSA) is 86.5 Å². The predicted molar refractivity (Wildman–Crippen MR) is 84.4 cm³/mol. The molecule has 1 aromatic heterocycles. The van der Waals surface area contributed by atoms with Gasteiger partial charge in [-0.05, 0) is 51.7 Å². The van der Waals surface area contributed by atoms with E-state index in [0.717, 1.165) is 0 Å². The number of hydrogen-bond donors (Lipinski definition) is 1. The van der Waals surface area contributed by atoms with Gasteiger partial charge in [-0.1, -0.05) is 0 Å². The van der Waals surface area contributed by atoms with E-state index in [-0.39, 0.29) is 12.0 Å². The van der Waals surface area contributed by atoms with Crippen LogP contribution in [0.25, 0.3) is 0 Å². The van der Waals surface area contributed by atoms with Gasteiger partial charge in [0.25, 0.3) is 0 Å². The first-order valence-corrected chi connectivity index (χ1v) is 7.82. The molecule has 1 atom stereocenters. The molecule has 0 aromatic carbocycles. The number of piperidine rings is 1. The molecule has 0 saturated carbocycles. The zero-order chi connectivity index (χ0) is 17.0. The lowest BCUT2D eigenvalue weighted by molar-refractivity contribution is 0.00714. The van der Waals surface area contributed by atoms with Crippen molar-refractivity contribution in [3.05, 3.63) is 29.6 Å². The standard InChI is InChI=1S/C17H23N3O3/c1-17(2,3)23-16(22)20-8-5-13(6-9-20)15(21)14-10-12(11-18)4-7-19-14/h4,7,10,13,15,21H,5-6,8-9H2,1-3H3. The molecule has 124 valence electrons. The molecule has 1 saturated heterocycles. The van der Waals surface area contributed by atoms with Gasteiger partial charge in [-0.3, -0.25) is 4.98 Å². The van der Waals surface area contributed by atoms with E-state index in [1.165, 1.54) is 6.20 Å². The van der Waals surface area contributed by atoms with Crippen LogP contribution in [-0.4, -0.2) is 39.8 Å². The van der Waals surface area contributed by atoms with Crippen molar-refractivity contribution in [1.29, 1.82) is 5.26 Å². The first kappa shape index (κ1) is 17.2. The van der Waals surface area contributed by atoms with Crippen LogP contribution in [0, 0.1) is 17.2 Å². The molecular formula is C17H23N3O3. The Morgan fingerprint density at radius 2 is 2.13 bits per heavy atom. The molecule has 1 N–H and O–H groups in total. The van der Waals surface area contributed by atoms with E-state index in [4.69, 9.17) is 10.00 Å². The highest BCUT2D eigenvalue weighted by Gasteiger charge is 2.31. The second-order valence-corrected chi connectivity index (χ2v) is 6.83. The van der Waals surface area contributed by atoms with Crippen molar-refractivity contribution in [2.75, 3.05) is 13.1 Å². The number of nitrogens with zero attached hydrogens (tertiary/aromatic N) is 3. The molecular weight excluding hydrogens is 294 g/mol. The maximum atomic E-state index is 12.0. The minimum Gasteiger partial charge on any atom is -0.444 e. The van der Waals surface area contributed by atoms with Crippen molar-refractivity contribution >= 4 is 6.09 Å². The van der Waals surface area contributed by atoms with Gasteiger partial charge in [0.05, 0.1) is 23.4 Å². The minimum absolute atomic E-state index is 0.0233. The molecule has 1 unspecified atom stereocenters. The van der Waals surface area contributed by atoms with Crippen LogP contribution in [0.15, 0.2) is 18.3 Å². The number of amides is 1. The number of nitriles is 1. The minimum atomic E-state index is -0.718. The Kier molecular flexibility index (Phi) is 5.22. The highest BCUT2D eigenvalue weighted by molar-refractivity contribution is 5.68. The van der Waals surface area contributed by atoms with Gasteiger partial charge < -0.3 is 14.7 Å². The van der Waals surface area contributed by atoms with Crippen LogP contribution in [0.4, 0.5) is 4.79 Å². The number of ether oxygens (including phenoxy) is 1. The Bertz CT molecular complexity index is 596. The molecule has 6 nitrogen and oxygen atoms in total. The number of carbonyl (C=O) groups is 1. The van der Waals surface area contributed by atoms with Crippen LogP contribution in [0.2, 0.25) is 0 Å². The zero-order valence-corrected chi connectivity index (χ0v) is 13.8. The summed E-state index contributed by atoms with van der Waals surface area (Å²) in [6, 6.07) is 5.28. The summed E-state index contributed by atoms with van der Waals surface area (Å²) < 4.78 is 5.36. The second-order valence-electron chi connectivity index (χ2n) is 6.83. The molecule has 0 bridgehead atoms. The summed E-state index contributed by atoms with van der Waals surface area (Å²) in [5.74, 6) is 0.0233. The van der Waals surface area contributed by atoms with Gasteiger partial charge in [0.1, 0.15) is 5.60 Å². The Morgan fingerprint density at radius 3 is 2.70 bits per heavy atom. The van der Waals surface area contributed by atoms with Crippen molar-refractivity contribution in [3.8, 4) is 6.07 Å². The van der Waals surface area contributed by atoms with E-state index < -0.39 is 11.7 Å². The summed E-state index contributed by atoms with van der Waals surface area (Å²) in [7, 11) is 0. The van der Waals surface area contributed by atoms with Crippen molar-refractivity contribution in [1.82, 2.24) is 9.88 Å². The number of rotatable bonds is 2. The summed E-state index contributed by atoms with van der Waals surface area (Å²) >= 11 is 0. The fourth-order valence-corrected chi connectivity index (χ4v) is 2.65. The second kappa shape index (κ2) is 6.97. The first-order valence-electron chi connectivity index (χ1n) is 7.82. The van der Waals surface area contributed by atoms with Crippen molar-refractivity contribution in [2.24, 2.45) is 5.92 Å². The number of likely N-dealkylation sites (tertiary alicyclic amines) is 1. The molecule has 0 spiro atoms. The number of pyridine rings is 1. The highest BCUT2D eigenvalue weighted by Crippen LogP contribution is 2.30. The molecule has 2 rings (SSSR count). The quantitative estimate of drug-likeness (QED) is 0.906. The zero-order valence-electron chi connectivity index (χ0n) is 13.8. The van der Waals surface area contributed by atoms with Gasteiger partial charge in [-0.2, -0.15) is 5.26 Å². The van der Waals surface area contributed by atoms with Gasteiger partial charge in [0.15, 0.2) is 0 Å². The van der Waals surface area contributed by atoms with Gasteiger partial charge in [-0.25, -0.2) is 4.79 Å². The predicted octanol–water partition coefficient (Wildman–Crippen LogP) is 2.63. The SMILES string of the molecule is CC(C)(C)OC(=O)N1CCC(C(O)c2cc(C#N)ccn2)CC1. The van der Waals surface area contributed by atoms with Gasteiger partial charge in [0, 0.05) is 19.3 Å². The summed E-state index contributed by atoms with van der Waals surface area (Å²) in [5, 5.41) is 19.4. The lowest BCUT2D eigenvalue weighted by Crippen LogP contribution is -2.42. The monoisotopic (exact) mass is 317 g/mol. The normalized spacial score (nSPS) is 17.4. The van der Waals surface area contributed by atoms with Crippen LogP contribution >= 0.6 is 0 Å². The number of aliphatic hydroxyl groups is 1. The fraction of sp³-hybridized carbons (Fsp3) is 0.588. The van der Waals surface area contributed by atoms with E-state index in [1.54, 1.807) is 17.0 Å². The van der Waals surface area contributed by atoms with Crippen molar-refractivity contribution in [2.45, 2.75) is 45.3 Å². The summed E-state index contributed by atoms with van der Waals surface area (Å²) in [6.07, 6.45) is 1.86. The number of hydrogen-bond acceptors (Lipinski definition) is 5. The Hall–Kier alpha value is -2.13. The Balaban J connectivity index is 1.93. The molecule has 1 amide bonds. The van der Waals surface area contributed by atoms with E-state index in [2.05, 4.69) is 4.98 Å². The third-order valence-corrected chi connectivity index (χ3v) is 3.85. The largest absolute Gasteiger partial charge is 0.444 e. The van der Waals surface area contributed by atoms with E-state index in [9.17, 15) is 9.90 Å². The number of aromatic nitrogens is 1. The van der Waals surface area contributed by atoms with Crippen molar-refractivity contribution < 1.29 is 14.6 Å². The molecule has 1 aliphatic rings. The van der Waals surface area contributed by atoms with Crippen molar-refractivity contribution in [3.63, 3.8) is 0 Å². The third-order valence-electron chi connectivity index (χ3n) is 3.85. The van der Waals surface area contributed by atoms with Crippen LogP contribution in [0.1, 0.15) is 51.0 Å². The van der Waals surface area contributed by atoms with Gasteiger partial charge in [0.2, 0.25) is 0 Å². The average Bonchev–Trinajstić information content (AvgIpc) is 2.53. The van der Waals surface area contributed by atoms with E-state index in [1.807, 2.05) is 26.8 Å². The fourth-order valence-electron chi connectivity index (χ4n) is 2.65. The van der Waals surface area contributed by atoms with E-state index in [0.29, 0.717) is 37.2 Å². The highest BCUT2D eigenvalue weighted by atomic mass is 16.6. The molecule has 6 heteroatoms. The number of aliphatic hydroxyl groups excluding tert-OH is 1. The van der Waals surface area contributed by atoms with Gasteiger partial charge in [-0.15, -0.1) is 0 Å². The molecule has 1 aromatic rings. The van der Waals surface area contributed by atoms with E-state index >= 15 is 0 Å². The molecule has 23 heavy (non-hydrogen) atoms. The molecule has 1 aliphatic heterocycles. The lowest BCUT2D eigenvalue weighted by Gasteiger charge is -2.35. The summed E-state index contributed by atoms with van der Waals surface area (Å²) in [4.78, 5) is 17.9. The molecule has 2 heterocycles. The third kappa shape index (κ3) is 4.67. The molecule has 0 radical (unpaired) electrons. The molecule has 1 fully saturated rings. The van der Waals surface area contributed by atoms with Crippen LogP contribution in [0.3, 0.4) is 0 Å². The maximum absolute atomic E-state index is 12.0. The average molecular weight is 317 g/mol. The summed E-state index contributed by atoms with van der Waals surface area (Å²) in [5.41, 5.74) is 0.495. The summed E-state index contributed by atoms with van der Waals surface area (Å²) in [6.45, 7) is 6.63. The lowest BCUT2D eigenvalue weighted by atomic mass is 9.89. The Labute approximate surface area is 136 Å². The van der Waals surface area contributed by atoms with Crippen LogP contribution < -0.4 is 0 Å².